The van der Waals surface area contributed by atoms with E-state index in [0.717, 1.165) is 16.8 Å². The van der Waals surface area contributed by atoms with Gasteiger partial charge in [0, 0.05) is 13.1 Å². The molecule has 2 N–H and O–H groups in total. The first-order valence-corrected chi connectivity index (χ1v) is 9.44. The van der Waals surface area contributed by atoms with Crippen LogP contribution in [0.15, 0.2) is 37.9 Å². The van der Waals surface area contributed by atoms with Crippen molar-refractivity contribution in [2.45, 2.75) is 9.24 Å². The van der Waals surface area contributed by atoms with Gasteiger partial charge in [0.1, 0.15) is 0 Å². The summed E-state index contributed by atoms with van der Waals surface area (Å²) in [6.45, 7) is 0. The number of sulfonamides is 2. The van der Waals surface area contributed by atoms with Crippen LogP contribution in [-0.4, -0.2) is 31.5 Å². The van der Waals surface area contributed by atoms with Gasteiger partial charge in [0.25, 0.3) is 25.7 Å². The average Bonchev–Trinajstić information content (AvgIpc) is 2.79. The molecule has 1 heterocycles. The van der Waals surface area contributed by atoms with Crippen molar-refractivity contribution in [3.05, 3.63) is 39.2 Å². The zero-order valence-corrected chi connectivity index (χ0v) is 13.8. The second-order valence-corrected chi connectivity index (χ2v) is 8.37. The van der Waals surface area contributed by atoms with Gasteiger partial charge < -0.3 is 0 Å². The molecule has 2 rings (SSSR count). The lowest BCUT2D eigenvalue weighted by molar-refractivity contribution is -0.387. The first-order chi connectivity index (χ1) is 10.5. The monoisotopic (exact) mass is 379 g/mol. The van der Waals surface area contributed by atoms with Crippen LogP contribution in [0.3, 0.4) is 0 Å². The molecule has 0 aliphatic carbocycles. The van der Waals surface area contributed by atoms with Gasteiger partial charge in [-0.1, -0.05) is 23.5 Å². The van der Waals surface area contributed by atoms with E-state index in [1.807, 2.05) is 0 Å². The average molecular weight is 379 g/mol. The number of nitrogens with zero attached hydrogens (tertiary/aromatic N) is 4. The summed E-state index contributed by atoms with van der Waals surface area (Å²) in [7, 11) is -7.31. The summed E-state index contributed by atoms with van der Waals surface area (Å²) in [5.74, 6) is 0. The van der Waals surface area contributed by atoms with Crippen molar-refractivity contribution < 1.29 is 21.8 Å². The van der Waals surface area contributed by atoms with Crippen LogP contribution in [0.2, 0.25) is 0 Å². The summed E-state index contributed by atoms with van der Waals surface area (Å²) >= 11 is 0.425. The normalized spacial score (nSPS) is 13.2. The van der Waals surface area contributed by atoms with Crippen molar-refractivity contribution in [1.82, 2.24) is 9.78 Å². The fourth-order valence-corrected chi connectivity index (χ4v) is 4.44. The number of hydrogen-bond acceptors (Lipinski definition) is 8. The van der Waals surface area contributed by atoms with Crippen LogP contribution in [-0.2, 0) is 27.1 Å². The van der Waals surface area contributed by atoms with Gasteiger partial charge in [0.15, 0.2) is 4.90 Å². The number of benzene rings is 1. The zero-order chi connectivity index (χ0) is 17.4. The Morgan fingerprint density at radius 1 is 1.30 bits per heavy atom. The quantitative estimate of drug-likeness (QED) is 0.542. The molecule has 0 atom stereocenters. The summed E-state index contributed by atoms with van der Waals surface area (Å²) in [6, 6.07) is 4.66. The van der Waals surface area contributed by atoms with Gasteiger partial charge in [0.2, 0.25) is 9.14 Å². The Labute approximate surface area is 134 Å². The molecule has 2 aromatic rings. The van der Waals surface area contributed by atoms with Crippen LogP contribution in [0.25, 0.3) is 0 Å². The Hall–Kier alpha value is -2.16. The van der Waals surface area contributed by atoms with Gasteiger partial charge in [-0.05, 0) is 6.07 Å². The molecule has 0 fully saturated rings. The van der Waals surface area contributed by atoms with Crippen LogP contribution in [0.4, 0.5) is 5.69 Å². The fraction of sp³-hybridized carbons (Fsp3) is 0.111. The Balaban J connectivity index is 2.68. The molecule has 0 spiro atoms. The molecule has 0 bridgehead atoms. The Kier molecular flexibility index (Phi) is 4.34. The Bertz CT molecular complexity index is 1050. The van der Waals surface area contributed by atoms with Crippen molar-refractivity contribution in [3.8, 4) is 0 Å². The lowest BCUT2D eigenvalue weighted by atomic mass is 10.3. The van der Waals surface area contributed by atoms with E-state index in [-0.39, 0.29) is 4.80 Å². The minimum absolute atomic E-state index is 0.299. The molecule has 0 aliphatic rings. The van der Waals surface area contributed by atoms with Gasteiger partial charge >= 0.3 is 0 Å². The van der Waals surface area contributed by atoms with E-state index in [4.69, 9.17) is 5.14 Å². The largest absolute Gasteiger partial charge is 0.291 e. The maximum absolute atomic E-state index is 12.3. The van der Waals surface area contributed by atoms with E-state index in [1.54, 1.807) is 0 Å². The second kappa shape index (κ2) is 5.80. The van der Waals surface area contributed by atoms with Crippen LogP contribution in [0.1, 0.15) is 0 Å². The van der Waals surface area contributed by atoms with E-state index in [2.05, 4.69) is 9.50 Å². The number of primary sulfonamides is 1. The van der Waals surface area contributed by atoms with E-state index in [9.17, 15) is 26.9 Å². The fourth-order valence-electron chi connectivity index (χ4n) is 1.50. The molecule has 0 unspecified atom stereocenters. The second-order valence-electron chi connectivity index (χ2n) is 4.11. The van der Waals surface area contributed by atoms with Crippen molar-refractivity contribution in [1.29, 1.82) is 0 Å². The molecule has 11 nitrogen and oxygen atoms in total. The van der Waals surface area contributed by atoms with Crippen LogP contribution < -0.4 is 9.94 Å². The minimum Gasteiger partial charge on any atom is -0.258 e. The Morgan fingerprint density at radius 3 is 2.43 bits per heavy atom. The maximum Gasteiger partial charge on any atom is 0.291 e. The van der Waals surface area contributed by atoms with Crippen LogP contribution in [0, 0.1) is 10.1 Å². The summed E-state index contributed by atoms with van der Waals surface area (Å²) in [5.41, 5.74) is -0.643. The number of aromatic nitrogens is 2. The molecule has 1 aromatic heterocycles. The van der Waals surface area contributed by atoms with Gasteiger partial charge in [-0.2, -0.15) is 8.42 Å². The maximum atomic E-state index is 12.3. The van der Waals surface area contributed by atoms with E-state index in [1.165, 1.54) is 19.2 Å². The molecule has 14 heteroatoms. The molecule has 124 valence electrons. The van der Waals surface area contributed by atoms with Crippen LogP contribution in [0.5, 0.6) is 0 Å². The van der Waals surface area contributed by atoms with Crippen LogP contribution >= 0.6 is 11.3 Å². The number of para-hydroxylation sites is 1. The smallest absolute Gasteiger partial charge is 0.258 e. The van der Waals surface area contributed by atoms with Crippen molar-refractivity contribution in [2.24, 2.45) is 16.6 Å². The van der Waals surface area contributed by atoms with E-state index >= 15 is 0 Å². The van der Waals surface area contributed by atoms with Gasteiger partial charge in [0.05, 0.1) is 4.92 Å². The third kappa shape index (κ3) is 3.61. The molecule has 0 radical (unpaired) electrons. The highest BCUT2D eigenvalue weighted by atomic mass is 32.2. The molecular formula is C9H9N5O6S3. The summed E-state index contributed by atoms with van der Waals surface area (Å²) in [4.78, 5) is 9.14. The van der Waals surface area contributed by atoms with Gasteiger partial charge in [-0.15, -0.1) is 9.50 Å². The minimum atomic E-state index is -4.45. The van der Waals surface area contributed by atoms with E-state index in [0.29, 0.717) is 11.3 Å². The molecule has 1 aromatic carbocycles. The third-order valence-electron chi connectivity index (χ3n) is 2.47. The number of nitro benzene ring substituents is 1. The molecule has 0 saturated carbocycles. The van der Waals surface area contributed by atoms with Gasteiger partial charge in [-0.3, -0.25) is 10.1 Å². The lowest BCUT2D eigenvalue weighted by Crippen LogP contribution is -2.15. The predicted molar refractivity (Wildman–Crippen MR) is 78.3 cm³/mol. The van der Waals surface area contributed by atoms with Gasteiger partial charge in [-0.25, -0.2) is 18.2 Å². The number of rotatable bonds is 4. The number of nitrogens with two attached hydrogens (primary N) is 1. The molecule has 0 amide bonds. The number of aryl methyl sites for hydroxylation is 1. The highest BCUT2D eigenvalue weighted by molar-refractivity contribution is 7.91. The Morgan fingerprint density at radius 2 is 1.91 bits per heavy atom. The zero-order valence-electron chi connectivity index (χ0n) is 11.3. The SMILES string of the molecule is Cn1nc(S(N)(=O)=O)s/c1=N\S(=O)(=O)c1ccccc1[N+](=O)[O-]. The van der Waals surface area contributed by atoms with Crippen molar-refractivity contribution in [2.75, 3.05) is 0 Å². The predicted octanol–water partition coefficient (Wildman–Crippen LogP) is -0.673. The molecule has 23 heavy (non-hydrogen) atoms. The third-order valence-corrected chi connectivity index (χ3v) is 6.21. The topological polar surface area (TPSA) is 168 Å². The van der Waals surface area contributed by atoms with E-state index < -0.39 is 39.9 Å². The van der Waals surface area contributed by atoms with Crippen molar-refractivity contribution >= 4 is 37.1 Å². The van der Waals surface area contributed by atoms with Crippen molar-refractivity contribution in [3.63, 3.8) is 0 Å². The highest BCUT2D eigenvalue weighted by Gasteiger charge is 2.25. The summed E-state index contributed by atoms with van der Waals surface area (Å²) in [6.07, 6.45) is 0. The first-order valence-electron chi connectivity index (χ1n) is 5.64. The lowest BCUT2D eigenvalue weighted by Gasteiger charge is -1.99. The highest BCUT2D eigenvalue weighted by Crippen LogP contribution is 2.24. The molecule has 0 saturated heterocycles. The number of hydrogen-bond donors (Lipinski definition) is 1. The molecular weight excluding hydrogens is 370 g/mol. The summed E-state index contributed by atoms with van der Waals surface area (Å²) in [5, 5.41) is 19.4. The standard InChI is InChI=1S/C9H9N5O6S3/c1-13-8(21-9(11-13)22(10,17)18)12-23(19,20)7-5-3-2-4-6(7)14(15)16/h2-5H,1H3,(H2,10,17,18)/b12-8-. The summed E-state index contributed by atoms with van der Waals surface area (Å²) < 4.78 is 50.7. The number of nitro groups is 1. The first kappa shape index (κ1) is 17.2. The molecule has 0 aliphatic heterocycles.